The Kier molecular flexibility index (Phi) is 5.61. The first kappa shape index (κ1) is 16.7. The van der Waals surface area contributed by atoms with Gasteiger partial charge in [0.15, 0.2) is 0 Å². The van der Waals surface area contributed by atoms with Gasteiger partial charge in [0.05, 0.1) is 13.2 Å². The van der Waals surface area contributed by atoms with E-state index in [0.717, 1.165) is 62.9 Å². The van der Waals surface area contributed by atoms with Crippen LogP contribution in [-0.2, 0) is 16.1 Å². The van der Waals surface area contributed by atoms with Crippen molar-refractivity contribution in [3.63, 3.8) is 0 Å². The van der Waals surface area contributed by atoms with Gasteiger partial charge < -0.3 is 14.6 Å². The normalized spacial score (nSPS) is 15.4. The van der Waals surface area contributed by atoms with Crippen molar-refractivity contribution in [2.24, 2.45) is 0 Å². The van der Waals surface area contributed by atoms with Crippen molar-refractivity contribution in [2.45, 2.75) is 19.9 Å². The van der Waals surface area contributed by atoms with Gasteiger partial charge in [0, 0.05) is 56.7 Å². The molecule has 24 heavy (non-hydrogen) atoms. The van der Waals surface area contributed by atoms with Crippen molar-refractivity contribution < 1.29 is 9.53 Å². The van der Waals surface area contributed by atoms with Crippen molar-refractivity contribution in [3.8, 4) is 11.4 Å². The van der Waals surface area contributed by atoms with Crippen LogP contribution in [0.4, 0.5) is 5.69 Å². The summed E-state index contributed by atoms with van der Waals surface area (Å²) in [5, 5.41) is 2.78. The van der Waals surface area contributed by atoms with Crippen LogP contribution in [0.3, 0.4) is 0 Å². The summed E-state index contributed by atoms with van der Waals surface area (Å²) < 4.78 is 7.57. The average molecular weight is 328 g/mol. The van der Waals surface area contributed by atoms with Crippen LogP contribution in [0.2, 0.25) is 0 Å². The number of hydrogen-bond acceptors (Lipinski definition) is 4. The van der Waals surface area contributed by atoms with E-state index in [1.165, 1.54) is 6.92 Å². The number of imidazole rings is 1. The van der Waals surface area contributed by atoms with Crippen LogP contribution in [0, 0.1) is 0 Å². The molecule has 0 unspecified atom stereocenters. The smallest absolute Gasteiger partial charge is 0.221 e. The monoisotopic (exact) mass is 328 g/mol. The molecule has 0 aliphatic carbocycles. The highest BCUT2D eigenvalue weighted by Crippen LogP contribution is 2.20. The van der Waals surface area contributed by atoms with Crippen molar-refractivity contribution in [2.75, 3.05) is 38.2 Å². The molecule has 1 saturated heterocycles. The fraction of sp³-hybridized carbons (Fsp3) is 0.444. The number of carbonyl (C=O) groups excluding carboxylic acids is 1. The number of morpholine rings is 1. The van der Waals surface area contributed by atoms with Crippen molar-refractivity contribution in [1.82, 2.24) is 14.5 Å². The summed E-state index contributed by atoms with van der Waals surface area (Å²) in [6.07, 6.45) is 4.95. The predicted octanol–water partition coefficient (Wildman–Crippen LogP) is 2.23. The van der Waals surface area contributed by atoms with Gasteiger partial charge in [0.2, 0.25) is 5.91 Å². The number of hydrogen-bond donors (Lipinski definition) is 1. The molecule has 1 amide bonds. The van der Waals surface area contributed by atoms with Crippen LogP contribution in [-0.4, -0.2) is 53.2 Å². The van der Waals surface area contributed by atoms with Crippen LogP contribution in [0.5, 0.6) is 0 Å². The van der Waals surface area contributed by atoms with Crippen LogP contribution in [0.1, 0.15) is 13.3 Å². The zero-order valence-electron chi connectivity index (χ0n) is 14.1. The molecule has 0 spiro atoms. The number of nitrogens with one attached hydrogen (secondary N) is 1. The van der Waals surface area contributed by atoms with Crippen LogP contribution >= 0.6 is 0 Å². The summed E-state index contributed by atoms with van der Waals surface area (Å²) in [6, 6.07) is 7.80. The molecule has 0 atom stereocenters. The number of amides is 1. The number of rotatable bonds is 6. The topological polar surface area (TPSA) is 59.4 Å². The summed E-state index contributed by atoms with van der Waals surface area (Å²) in [4.78, 5) is 18.0. The maximum Gasteiger partial charge on any atom is 0.221 e. The fourth-order valence-corrected chi connectivity index (χ4v) is 2.95. The lowest BCUT2D eigenvalue weighted by Gasteiger charge is -2.26. The van der Waals surface area contributed by atoms with E-state index in [0.29, 0.717) is 0 Å². The summed E-state index contributed by atoms with van der Waals surface area (Å²) in [5.74, 6) is 0.902. The van der Waals surface area contributed by atoms with Crippen molar-refractivity contribution in [3.05, 3.63) is 36.7 Å². The third-order valence-corrected chi connectivity index (χ3v) is 4.16. The Morgan fingerprint density at radius 3 is 2.67 bits per heavy atom. The first-order valence-electron chi connectivity index (χ1n) is 8.41. The minimum absolute atomic E-state index is 0.0626. The molecular formula is C18H24N4O2. The summed E-state index contributed by atoms with van der Waals surface area (Å²) in [6.45, 7) is 7.29. The highest BCUT2D eigenvalue weighted by atomic mass is 16.5. The van der Waals surface area contributed by atoms with E-state index < -0.39 is 0 Å². The molecule has 1 aromatic carbocycles. The van der Waals surface area contributed by atoms with Gasteiger partial charge in [0.25, 0.3) is 0 Å². The number of aryl methyl sites for hydroxylation is 1. The minimum atomic E-state index is -0.0626. The standard InChI is InChI=1S/C18H24N4O2/c1-15(23)20-17-5-3-16(4-6-17)18-19-7-10-22(18)9-2-8-21-11-13-24-14-12-21/h3-7,10H,2,8-9,11-14H2,1H3,(H,20,23). The van der Waals surface area contributed by atoms with Gasteiger partial charge in [-0.05, 0) is 30.7 Å². The number of nitrogens with zero attached hydrogens (tertiary/aromatic N) is 3. The number of carbonyl (C=O) groups is 1. The Balaban J connectivity index is 1.59. The molecule has 1 aliphatic rings. The van der Waals surface area contributed by atoms with Gasteiger partial charge in [-0.2, -0.15) is 0 Å². The molecule has 1 fully saturated rings. The van der Waals surface area contributed by atoms with E-state index in [4.69, 9.17) is 4.74 Å². The largest absolute Gasteiger partial charge is 0.379 e. The lowest BCUT2D eigenvalue weighted by molar-refractivity contribution is -0.114. The summed E-state index contributed by atoms with van der Waals surface area (Å²) in [7, 11) is 0. The summed E-state index contributed by atoms with van der Waals surface area (Å²) >= 11 is 0. The number of ether oxygens (including phenoxy) is 1. The lowest BCUT2D eigenvalue weighted by atomic mass is 10.2. The van der Waals surface area contributed by atoms with Crippen LogP contribution in [0.25, 0.3) is 11.4 Å². The first-order chi connectivity index (χ1) is 11.7. The Morgan fingerprint density at radius 2 is 1.96 bits per heavy atom. The van der Waals surface area contributed by atoms with Gasteiger partial charge in [-0.3, -0.25) is 9.69 Å². The molecule has 1 aromatic heterocycles. The molecule has 2 heterocycles. The molecule has 3 rings (SSSR count). The van der Waals surface area contributed by atoms with Gasteiger partial charge >= 0.3 is 0 Å². The van der Waals surface area contributed by atoms with Gasteiger partial charge in [-0.1, -0.05) is 0 Å². The number of aromatic nitrogens is 2. The average Bonchev–Trinajstić information content (AvgIpc) is 3.04. The second-order valence-corrected chi connectivity index (χ2v) is 6.01. The van der Waals surface area contributed by atoms with Crippen LogP contribution < -0.4 is 5.32 Å². The third kappa shape index (κ3) is 4.43. The first-order valence-corrected chi connectivity index (χ1v) is 8.41. The maximum atomic E-state index is 11.1. The SMILES string of the molecule is CC(=O)Nc1ccc(-c2nccn2CCCN2CCOCC2)cc1. The van der Waals surface area contributed by atoms with Crippen molar-refractivity contribution >= 4 is 11.6 Å². The van der Waals surface area contributed by atoms with Gasteiger partial charge in [-0.25, -0.2) is 4.98 Å². The zero-order chi connectivity index (χ0) is 16.8. The zero-order valence-corrected chi connectivity index (χ0v) is 14.1. The minimum Gasteiger partial charge on any atom is -0.379 e. The molecule has 0 bridgehead atoms. The Bertz CT molecular complexity index is 660. The highest BCUT2D eigenvalue weighted by Gasteiger charge is 2.11. The van der Waals surface area contributed by atoms with E-state index in [1.54, 1.807) is 0 Å². The second kappa shape index (κ2) is 8.08. The van der Waals surface area contributed by atoms with E-state index in [1.807, 2.05) is 36.7 Å². The van der Waals surface area contributed by atoms with E-state index in [9.17, 15) is 4.79 Å². The van der Waals surface area contributed by atoms with Gasteiger partial charge in [-0.15, -0.1) is 0 Å². The molecular weight excluding hydrogens is 304 g/mol. The molecule has 0 radical (unpaired) electrons. The Hall–Kier alpha value is -2.18. The Morgan fingerprint density at radius 1 is 1.21 bits per heavy atom. The van der Waals surface area contributed by atoms with Gasteiger partial charge in [0.1, 0.15) is 5.82 Å². The number of benzene rings is 1. The quantitative estimate of drug-likeness (QED) is 0.883. The molecule has 2 aromatic rings. The van der Waals surface area contributed by atoms with Crippen LogP contribution in [0.15, 0.2) is 36.7 Å². The second-order valence-electron chi connectivity index (χ2n) is 6.01. The van der Waals surface area contributed by atoms with E-state index in [2.05, 4.69) is 19.8 Å². The molecule has 1 aliphatic heterocycles. The highest BCUT2D eigenvalue weighted by molar-refractivity contribution is 5.88. The maximum absolute atomic E-state index is 11.1. The molecule has 1 N–H and O–H groups in total. The molecule has 128 valence electrons. The molecule has 6 nitrogen and oxygen atoms in total. The number of anilines is 1. The van der Waals surface area contributed by atoms with E-state index in [-0.39, 0.29) is 5.91 Å². The lowest BCUT2D eigenvalue weighted by Crippen LogP contribution is -2.37. The van der Waals surface area contributed by atoms with Crippen molar-refractivity contribution in [1.29, 1.82) is 0 Å². The Labute approximate surface area is 142 Å². The predicted molar refractivity (Wildman–Crippen MR) is 93.8 cm³/mol. The van der Waals surface area contributed by atoms with E-state index >= 15 is 0 Å². The summed E-state index contributed by atoms with van der Waals surface area (Å²) in [5.41, 5.74) is 1.86. The molecule has 6 heteroatoms. The fourth-order valence-electron chi connectivity index (χ4n) is 2.95. The third-order valence-electron chi connectivity index (χ3n) is 4.16. The molecule has 0 saturated carbocycles.